The standard InChI is InChI=1S/C31H35Cl3N4O2.C28H38Cl2N4O2.C26H27Cl3N4O2/c32-25-7-6-22-16-24(5-4-23(22)17-25)30(39)35-19-28-8-13-38(20-21-14-26(33)18-27(34)15-21)31(40)29(36-28)9-12-37-10-2-1-3-11-37;1-4-20(21-8-6-5-7-9-21)18-34-15-13-23(33-26(28(34)36)12-14-31-19(2)3)17-32-27(35)22-10-11-24(29)25(30)16-22;27-20-4-3-17-11-19(2-1-18(17)12-20)25(34)31-14-23-6-8-33(26(35)24(32-23)5-7-30)15-16-9-21(28)13-22(29)10-16/h4-7,14-18,28-29,36H,1-3,8-13,19-20H2,(H,35,39);5-11,16,19-20,23,26,31,33H,4,12-15,17-18H2,1-3H3,(H,32,35);1-4,9-13,23-24,32H,5-8,14-15,30H2,(H,31,34)/t28-,29-;20-,23+,26+;23-,24-/m010/s1. The minimum absolute atomic E-state index is 0.0198. The predicted octanol–water partition coefficient (Wildman–Crippen LogP) is 15.7. The Balaban J connectivity index is 0.000000177. The highest BCUT2D eigenvalue weighted by atomic mass is 35.5. The Morgan fingerprint density at radius 1 is 0.459 bits per heavy atom. The SMILES string of the molecule is CC[C@H](CN1CC[C@@H](CNC(=O)c2ccc(Cl)c(Cl)c2)N[C@@H](CCNC(C)C)C1=O)c1ccccc1.NCC[C@@H]1N[C@H](CNC(=O)c2ccc3cc(Cl)ccc3c2)CCN(Cc2cc(Cl)cc(Cl)c2)C1=O.O=C(NC[C@@H]1CCN(Cc2cc(Cl)cc(Cl)c2)C(=O)[C@H](CCN2CCCCC2)N1)c1ccc2cc(Cl)ccc2c1. The van der Waals surface area contributed by atoms with Gasteiger partial charge in [0.25, 0.3) is 17.7 Å². The molecule has 592 valence electrons. The van der Waals surface area contributed by atoms with Crippen molar-refractivity contribution in [2.45, 2.75) is 146 Å². The van der Waals surface area contributed by atoms with Crippen LogP contribution in [0.5, 0.6) is 0 Å². The van der Waals surface area contributed by atoms with Crippen LogP contribution in [0, 0.1) is 0 Å². The summed E-state index contributed by atoms with van der Waals surface area (Å²) in [5.41, 5.74) is 10.4. The molecule has 9 N–H and O–H groups in total. The van der Waals surface area contributed by atoms with Gasteiger partial charge in [-0.1, -0.05) is 175 Å². The maximum absolute atomic E-state index is 13.7. The number of piperidine rings is 1. The average molecular weight is 1670 g/mol. The van der Waals surface area contributed by atoms with Gasteiger partial charge in [-0.3, -0.25) is 28.8 Å². The second-order valence-electron chi connectivity index (χ2n) is 29.3. The van der Waals surface area contributed by atoms with Gasteiger partial charge in [-0.2, -0.15) is 0 Å². The van der Waals surface area contributed by atoms with Crippen LogP contribution in [0.3, 0.4) is 0 Å². The summed E-state index contributed by atoms with van der Waals surface area (Å²) in [7, 11) is 0. The van der Waals surface area contributed by atoms with Gasteiger partial charge in [-0.05, 0) is 225 Å². The van der Waals surface area contributed by atoms with Crippen LogP contribution in [0.1, 0.15) is 139 Å². The van der Waals surface area contributed by atoms with Gasteiger partial charge < -0.3 is 62.6 Å². The molecule has 0 bridgehead atoms. The van der Waals surface area contributed by atoms with E-state index in [0.717, 1.165) is 84.5 Å². The fourth-order valence-electron chi connectivity index (χ4n) is 14.6. The fraction of sp³-hybridized carbons (Fsp3) is 0.412. The molecule has 4 saturated heterocycles. The molecule has 4 heterocycles. The molecule has 4 fully saturated rings. The zero-order valence-electron chi connectivity index (χ0n) is 62.9. The average Bonchev–Trinajstić information content (AvgIpc) is 1.78. The summed E-state index contributed by atoms with van der Waals surface area (Å²) in [6.07, 6.45) is 8.73. The highest BCUT2D eigenvalue weighted by Crippen LogP contribution is 2.29. The Kier molecular flexibility index (Phi) is 33.6. The van der Waals surface area contributed by atoms with E-state index in [2.05, 4.69) is 87.2 Å². The van der Waals surface area contributed by atoms with Crippen LogP contribution in [0.4, 0.5) is 0 Å². The Morgan fingerprint density at radius 3 is 1.34 bits per heavy atom. The topological polar surface area (TPSA) is 226 Å². The first-order chi connectivity index (χ1) is 53.4. The van der Waals surface area contributed by atoms with Gasteiger partial charge in [-0.25, -0.2) is 0 Å². The van der Waals surface area contributed by atoms with Crippen LogP contribution in [-0.4, -0.2) is 176 Å². The van der Waals surface area contributed by atoms with E-state index in [4.69, 9.17) is 98.5 Å². The van der Waals surface area contributed by atoms with Crippen molar-refractivity contribution in [3.05, 3.63) is 231 Å². The van der Waals surface area contributed by atoms with E-state index in [1.165, 1.54) is 24.8 Å². The molecule has 26 heteroatoms. The number of nitrogens with one attached hydrogen (secondary N) is 7. The van der Waals surface area contributed by atoms with E-state index in [-0.39, 0.29) is 71.6 Å². The number of nitrogens with zero attached hydrogens (tertiary/aromatic N) is 4. The van der Waals surface area contributed by atoms with E-state index in [1.54, 1.807) is 47.4 Å². The fourth-order valence-corrected chi connectivity index (χ4v) is 16.4. The minimum Gasteiger partial charge on any atom is -0.350 e. The molecular formula is C85H100Cl8N12O6. The number of halogens is 8. The second-order valence-corrected chi connectivity index (χ2v) is 32.8. The third-order valence-electron chi connectivity index (χ3n) is 20.6. The summed E-state index contributed by atoms with van der Waals surface area (Å²) in [5.74, 6) is -0.0343. The smallest absolute Gasteiger partial charge is 0.251 e. The van der Waals surface area contributed by atoms with Gasteiger partial charge in [0.1, 0.15) is 0 Å². The summed E-state index contributed by atoms with van der Waals surface area (Å²) in [4.78, 5) is 87.3. The maximum atomic E-state index is 13.7. The number of carbonyl (C=O) groups excluding carboxylic acids is 6. The molecule has 8 aromatic carbocycles. The summed E-state index contributed by atoms with van der Waals surface area (Å²) in [6.45, 7) is 15.1. The van der Waals surface area contributed by atoms with E-state index < -0.39 is 6.04 Å². The van der Waals surface area contributed by atoms with E-state index in [9.17, 15) is 28.8 Å². The molecule has 18 nitrogen and oxygen atoms in total. The Hall–Kier alpha value is -6.82. The highest BCUT2D eigenvalue weighted by molar-refractivity contribution is 6.42. The molecule has 6 amide bonds. The lowest BCUT2D eigenvalue weighted by atomic mass is 9.95. The Morgan fingerprint density at radius 2 is 0.883 bits per heavy atom. The van der Waals surface area contributed by atoms with Crippen molar-refractivity contribution in [1.29, 1.82) is 0 Å². The molecule has 0 radical (unpaired) electrons. The molecule has 4 aliphatic heterocycles. The van der Waals surface area contributed by atoms with Gasteiger partial charge >= 0.3 is 0 Å². The molecule has 12 rings (SSSR count). The third kappa shape index (κ3) is 26.4. The lowest BCUT2D eigenvalue weighted by Crippen LogP contribution is -2.50. The third-order valence-corrected chi connectivity index (χ3v) is 22.7. The van der Waals surface area contributed by atoms with Crippen molar-refractivity contribution in [2.75, 3.05) is 78.5 Å². The first kappa shape index (κ1) is 86.6. The minimum atomic E-state index is -0.426. The number of likely N-dealkylation sites (tertiary alicyclic amines) is 1. The molecule has 0 aromatic heterocycles. The molecular weight excluding hydrogens is 1570 g/mol. The zero-order valence-corrected chi connectivity index (χ0v) is 69.0. The number of carbonyl (C=O) groups is 6. The first-order valence-corrected chi connectivity index (χ1v) is 41.4. The van der Waals surface area contributed by atoms with Gasteiger partial charge in [-0.15, -0.1) is 0 Å². The van der Waals surface area contributed by atoms with Crippen molar-refractivity contribution in [1.82, 2.24) is 56.8 Å². The number of amides is 6. The van der Waals surface area contributed by atoms with Crippen LogP contribution in [-0.2, 0) is 27.5 Å². The number of hydrogen-bond acceptors (Lipinski definition) is 12. The molecule has 7 atom stereocenters. The van der Waals surface area contributed by atoms with Crippen LogP contribution < -0.4 is 43.0 Å². The van der Waals surface area contributed by atoms with Gasteiger partial charge in [0.05, 0.1) is 28.2 Å². The van der Waals surface area contributed by atoms with Crippen molar-refractivity contribution in [3.8, 4) is 0 Å². The first-order valence-electron chi connectivity index (χ1n) is 38.4. The maximum Gasteiger partial charge on any atom is 0.251 e. The Labute approximate surface area is 692 Å². The number of rotatable bonds is 26. The Bertz CT molecular complexity index is 4440. The van der Waals surface area contributed by atoms with Crippen molar-refractivity contribution >= 4 is 150 Å². The molecule has 0 unspecified atom stereocenters. The molecule has 8 aromatic rings. The lowest BCUT2D eigenvalue weighted by Gasteiger charge is -2.30. The van der Waals surface area contributed by atoms with Gasteiger partial charge in [0, 0.05) is 142 Å². The molecule has 0 aliphatic carbocycles. The van der Waals surface area contributed by atoms with Crippen molar-refractivity contribution in [2.24, 2.45) is 5.73 Å². The lowest BCUT2D eigenvalue weighted by molar-refractivity contribution is -0.134. The number of fused-ring (bicyclic) bond motifs is 2. The van der Waals surface area contributed by atoms with Crippen LogP contribution in [0.25, 0.3) is 21.5 Å². The zero-order chi connectivity index (χ0) is 79.1. The van der Waals surface area contributed by atoms with Crippen LogP contribution in [0.15, 0.2) is 158 Å². The summed E-state index contributed by atoms with van der Waals surface area (Å²) < 4.78 is 0. The summed E-state index contributed by atoms with van der Waals surface area (Å²) >= 11 is 48.9. The molecule has 4 aliphatic rings. The van der Waals surface area contributed by atoms with E-state index >= 15 is 0 Å². The summed E-state index contributed by atoms with van der Waals surface area (Å²) in [5, 5.41) is 31.2. The summed E-state index contributed by atoms with van der Waals surface area (Å²) in [6, 6.07) is 47.4. The largest absolute Gasteiger partial charge is 0.350 e. The second kappa shape index (κ2) is 43.1. The van der Waals surface area contributed by atoms with Crippen LogP contribution in [0.2, 0.25) is 40.2 Å². The quantitative estimate of drug-likeness (QED) is 0.0253. The molecule has 0 spiro atoms. The monoisotopic (exact) mass is 1660 g/mol. The number of benzene rings is 8. The van der Waals surface area contributed by atoms with E-state index in [1.807, 2.05) is 101 Å². The van der Waals surface area contributed by atoms with Gasteiger partial charge in [0.2, 0.25) is 17.7 Å². The predicted molar refractivity (Wildman–Crippen MR) is 454 cm³/mol. The highest BCUT2D eigenvalue weighted by Gasteiger charge is 2.35. The molecule has 111 heavy (non-hydrogen) atoms. The van der Waals surface area contributed by atoms with Gasteiger partial charge in [0.15, 0.2) is 0 Å². The van der Waals surface area contributed by atoms with E-state index in [0.29, 0.717) is 148 Å². The number of hydrogen-bond donors (Lipinski definition) is 8. The van der Waals surface area contributed by atoms with Crippen molar-refractivity contribution in [3.63, 3.8) is 0 Å². The normalized spacial score (nSPS) is 19.5. The van der Waals surface area contributed by atoms with Crippen molar-refractivity contribution < 1.29 is 28.8 Å². The molecule has 0 saturated carbocycles. The van der Waals surface area contributed by atoms with Crippen LogP contribution >= 0.6 is 92.8 Å². The number of nitrogens with two attached hydrogens (primary N) is 1.